The first-order valence-corrected chi connectivity index (χ1v) is 9.42. The molecule has 0 saturated heterocycles. The van der Waals surface area contributed by atoms with Crippen molar-refractivity contribution in [2.75, 3.05) is 6.54 Å². The number of hydrogen-bond donors (Lipinski definition) is 1. The molecule has 1 aliphatic heterocycles. The maximum Gasteiger partial charge on any atom is 0.416 e. The highest BCUT2D eigenvalue weighted by Gasteiger charge is 2.30. The zero-order valence-electron chi connectivity index (χ0n) is 15.9. The van der Waals surface area contributed by atoms with Crippen LogP contribution in [-0.2, 0) is 30.4 Å². The number of aromatic nitrogens is 2. The molecular formula is C22H18F3N3O2. The Balaban J connectivity index is 1.54. The van der Waals surface area contributed by atoms with Crippen LogP contribution in [0.3, 0.4) is 0 Å². The van der Waals surface area contributed by atoms with Gasteiger partial charge in [-0.15, -0.1) is 0 Å². The van der Waals surface area contributed by atoms with E-state index < -0.39 is 11.7 Å². The quantitative estimate of drug-likeness (QED) is 0.714. The molecule has 154 valence electrons. The highest BCUT2D eigenvalue weighted by atomic mass is 19.4. The minimum absolute atomic E-state index is 0.0712. The molecule has 3 aromatic rings. The number of benzene rings is 2. The SMILES string of the molecule is O=C(Cc1ccccc1)N1CCc2nc(-c3ccc(C(F)(F)F)cc3)[nH]c(=O)c2C1. The Hall–Kier alpha value is -3.42. The molecular weight excluding hydrogens is 395 g/mol. The molecule has 1 aromatic heterocycles. The van der Waals surface area contributed by atoms with E-state index in [0.717, 1.165) is 17.7 Å². The average Bonchev–Trinajstić information content (AvgIpc) is 2.73. The summed E-state index contributed by atoms with van der Waals surface area (Å²) in [5.74, 6) is 0.148. The van der Waals surface area contributed by atoms with Gasteiger partial charge in [0.05, 0.1) is 29.8 Å². The van der Waals surface area contributed by atoms with Crippen LogP contribution in [0.1, 0.15) is 22.4 Å². The van der Waals surface area contributed by atoms with Crippen LogP contribution in [0.15, 0.2) is 59.4 Å². The molecule has 1 aliphatic rings. The van der Waals surface area contributed by atoms with Gasteiger partial charge in [-0.1, -0.05) is 42.5 Å². The highest BCUT2D eigenvalue weighted by molar-refractivity contribution is 5.79. The maximum absolute atomic E-state index is 12.7. The molecule has 0 saturated carbocycles. The van der Waals surface area contributed by atoms with Crippen molar-refractivity contribution in [2.45, 2.75) is 25.6 Å². The molecule has 0 atom stereocenters. The van der Waals surface area contributed by atoms with E-state index >= 15 is 0 Å². The van der Waals surface area contributed by atoms with Gasteiger partial charge in [-0.3, -0.25) is 9.59 Å². The van der Waals surface area contributed by atoms with Crippen molar-refractivity contribution in [3.63, 3.8) is 0 Å². The lowest BCUT2D eigenvalue weighted by molar-refractivity contribution is -0.137. The number of H-pyrrole nitrogens is 1. The normalized spacial score (nSPS) is 13.8. The van der Waals surface area contributed by atoms with Gasteiger partial charge < -0.3 is 9.88 Å². The van der Waals surface area contributed by atoms with Crippen LogP contribution in [0.4, 0.5) is 13.2 Å². The molecule has 0 radical (unpaired) electrons. The molecule has 1 amide bonds. The molecule has 1 N–H and O–H groups in total. The smallest absolute Gasteiger partial charge is 0.337 e. The third kappa shape index (κ3) is 4.12. The predicted octanol–water partition coefficient (Wildman–Crippen LogP) is 3.58. The number of alkyl halides is 3. The van der Waals surface area contributed by atoms with Crippen LogP contribution in [0.2, 0.25) is 0 Å². The molecule has 30 heavy (non-hydrogen) atoms. The van der Waals surface area contributed by atoms with Crippen LogP contribution < -0.4 is 5.56 Å². The van der Waals surface area contributed by atoms with Crippen molar-refractivity contribution in [3.05, 3.63) is 87.3 Å². The van der Waals surface area contributed by atoms with Gasteiger partial charge >= 0.3 is 6.18 Å². The molecule has 5 nitrogen and oxygen atoms in total. The number of hydrogen-bond acceptors (Lipinski definition) is 3. The number of carbonyl (C=O) groups is 1. The Morgan fingerprint density at radius 1 is 1.07 bits per heavy atom. The first kappa shape index (κ1) is 19.9. The number of carbonyl (C=O) groups excluding carboxylic acids is 1. The maximum atomic E-state index is 12.7. The van der Waals surface area contributed by atoms with E-state index in [2.05, 4.69) is 9.97 Å². The van der Waals surface area contributed by atoms with Gasteiger partial charge in [0, 0.05) is 18.5 Å². The zero-order chi connectivity index (χ0) is 21.3. The molecule has 4 rings (SSSR count). The molecule has 0 unspecified atom stereocenters. The number of nitrogens with zero attached hydrogens (tertiary/aromatic N) is 2. The van der Waals surface area contributed by atoms with Gasteiger partial charge in [0.2, 0.25) is 5.91 Å². The summed E-state index contributed by atoms with van der Waals surface area (Å²) in [5, 5.41) is 0. The Kier molecular flexibility index (Phi) is 5.15. The molecule has 2 heterocycles. The van der Waals surface area contributed by atoms with Gasteiger partial charge in [0.15, 0.2) is 0 Å². The number of aromatic amines is 1. The molecule has 0 bridgehead atoms. The first-order valence-electron chi connectivity index (χ1n) is 9.42. The minimum atomic E-state index is -4.43. The third-order valence-corrected chi connectivity index (χ3v) is 5.11. The van der Waals surface area contributed by atoms with Crippen molar-refractivity contribution in [1.82, 2.24) is 14.9 Å². The summed E-state index contributed by atoms with van der Waals surface area (Å²) in [6, 6.07) is 13.8. The van der Waals surface area contributed by atoms with E-state index in [9.17, 15) is 22.8 Å². The third-order valence-electron chi connectivity index (χ3n) is 5.11. The summed E-state index contributed by atoms with van der Waals surface area (Å²) in [4.78, 5) is 33.9. The van der Waals surface area contributed by atoms with Crippen LogP contribution in [0.5, 0.6) is 0 Å². The van der Waals surface area contributed by atoms with E-state index in [1.54, 1.807) is 4.90 Å². The van der Waals surface area contributed by atoms with Crippen molar-refractivity contribution in [1.29, 1.82) is 0 Å². The molecule has 0 spiro atoms. The van der Waals surface area contributed by atoms with Gasteiger partial charge in [0.1, 0.15) is 5.82 Å². The van der Waals surface area contributed by atoms with Crippen LogP contribution >= 0.6 is 0 Å². The van der Waals surface area contributed by atoms with Crippen LogP contribution in [-0.4, -0.2) is 27.3 Å². The van der Waals surface area contributed by atoms with Crippen molar-refractivity contribution in [2.24, 2.45) is 0 Å². The standard InChI is InChI=1S/C22H18F3N3O2/c23-22(24,25)16-8-6-15(7-9-16)20-26-18-10-11-28(13-17(18)21(30)27-20)19(29)12-14-4-2-1-3-5-14/h1-9H,10-13H2,(H,26,27,30). The number of fused-ring (bicyclic) bond motifs is 1. The van der Waals surface area contributed by atoms with E-state index in [4.69, 9.17) is 0 Å². The minimum Gasteiger partial charge on any atom is -0.337 e. The van der Waals surface area contributed by atoms with Gasteiger partial charge in [-0.2, -0.15) is 13.2 Å². The lowest BCUT2D eigenvalue weighted by Crippen LogP contribution is -2.40. The van der Waals surface area contributed by atoms with Crippen molar-refractivity contribution < 1.29 is 18.0 Å². The lowest BCUT2D eigenvalue weighted by Gasteiger charge is -2.28. The summed E-state index contributed by atoms with van der Waals surface area (Å²) in [6.45, 7) is 0.595. The fraction of sp³-hybridized carbons (Fsp3) is 0.227. The highest BCUT2D eigenvalue weighted by Crippen LogP contribution is 2.30. The Morgan fingerprint density at radius 3 is 2.43 bits per heavy atom. The second-order valence-corrected chi connectivity index (χ2v) is 7.14. The summed E-state index contributed by atoms with van der Waals surface area (Å²) in [6.07, 6.45) is -3.76. The largest absolute Gasteiger partial charge is 0.416 e. The van der Waals surface area contributed by atoms with Gasteiger partial charge in [-0.25, -0.2) is 4.98 Å². The van der Waals surface area contributed by atoms with E-state index in [-0.39, 0.29) is 30.3 Å². The van der Waals surface area contributed by atoms with E-state index in [0.29, 0.717) is 29.8 Å². The fourth-order valence-electron chi connectivity index (χ4n) is 3.47. The predicted molar refractivity (Wildman–Crippen MR) is 105 cm³/mol. The van der Waals surface area contributed by atoms with Crippen LogP contribution in [0.25, 0.3) is 11.4 Å². The second-order valence-electron chi connectivity index (χ2n) is 7.14. The van der Waals surface area contributed by atoms with Gasteiger partial charge in [-0.05, 0) is 17.7 Å². The Bertz CT molecular complexity index is 1120. The second kappa shape index (κ2) is 7.78. The summed E-state index contributed by atoms with van der Waals surface area (Å²) in [5.41, 5.74) is 1.13. The fourth-order valence-corrected chi connectivity index (χ4v) is 3.47. The Labute approximate surface area is 170 Å². The monoisotopic (exact) mass is 413 g/mol. The molecule has 2 aromatic carbocycles. The van der Waals surface area contributed by atoms with Crippen LogP contribution in [0, 0.1) is 0 Å². The Morgan fingerprint density at radius 2 is 1.77 bits per heavy atom. The number of rotatable bonds is 3. The topological polar surface area (TPSA) is 66.1 Å². The lowest BCUT2D eigenvalue weighted by atomic mass is 10.0. The zero-order valence-corrected chi connectivity index (χ0v) is 15.9. The summed E-state index contributed by atoms with van der Waals surface area (Å²) < 4.78 is 38.2. The average molecular weight is 413 g/mol. The van der Waals surface area contributed by atoms with E-state index in [1.165, 1.54) is 12.1 Å². The molecule has 0 fully saturated rings. The van der Waals surface area contributed by atoms with E-state index in [1.807, 2.05) is 30.3 Å². The summed E-state index contributed by atoms with van der Waals surface area (Å²) in [7, 11) is 0. The van der Waals surface area contributed by atoms with Crippen molar-refractivity contribution >= 4 is 5.91 Å². The number of nitrogens with one attached hydrogen (secondary N) is 1. The molecule has 0 aliphatic carbocycles. The first-order chi connectivity index (χ1) is 14.3. The number of halogens is 3. The summed E-state index contributed by atoms with van der Waals surface area (Å²) >= 11 is 0. The van der Waals surface area contributed by atoms with Gasteiger partial charge in [0.25, 0.3) is 5.56 Å². The number of amides is 1. The van der Waals surface area contributed by atoms with Crippen molar-refractivity contribution in [3.8, 4) is 11.4 Å². The molecule has 8 heteroatoms.